The topological polar surface area (TPSA) is 32.3 Å². The molecule has 0 aromatic rings. The van der Waals surface area contributed by atoms with Gasteiger partial charge in [0.05, 0.1) is 0 Å². The van der Waals surface area contributed by atoms with Gasteiger partial charge in [-0.15, -0.1) is 0 Å². The molecule has 2 unspecified atom stereocenters. The van der Waals surface area contributed by atoms with Crippen molar-refractivity contribution in [1.29, 1.82) is 0 Å². The van der Waals surface area contributed by atoms with Crippen LogP contribution in [0.2, 0.25) is 0 Å². The lowest BCUT2D eigenvalue weighted by atomic mass is 9.87. The molecule has 2 aliphatic rings. The Morgan fingerprint density at radius 1 is 1.41 bits per heavy atom. The summed E-state index contributed by atoms with van der Waals surface area (Å²) < 4.78 is 0. The maximum atomic E-state index is 11.8. The maximum Gasteiger partial charge on any atom is 0.142 e. The molecule has 0 bridgehead atoms. The van der Waals surface area contributed by atoms with Gasteiger partial charge in [0.15, 0.2) is 0 Å². The zero-order valence-electron chi connectivity index (χ0n) is 10.6. The third-order valence-electron chi connectivity index (χ3n) is 4.07. The number of Topliss-reactive ketones (excluding diaryl/α,β-unsaturated/α-hetero) is 1. The van der Waals surface area contributed by atoms with Crippen molar-refractivity contribution < 1.29 is 4.79 Å². The number of rotatable bonds is 2. The molecule has 3 nitrogen and oxygen atoms in total. The third-order valence-corrected chi connectivity index (χ3v) is 4.33. The van der Waals surface area contributed by atoms with Crippen LogP contribution in [0.3, 0.4) is 0 Å². The van der Waals surface area contributed by atoms with Crippen LogP contribution in [0.25, 0.3) is 0 Å². The minimum Gasteiger partial charge on any atom is -0.317 e. The summed E-state index contributed by atoms with van der Waals surface area (Å²) in [6.07, 6.45) is 4.80. The van der Waals surface area contributed by atoms with E-state index in [1.807, 2.05) is 14.0 Å². The van der Waals surface area contributed by atoms with Crippen molar-refractivity contribution in [2.45, 2.75) is 38.3 Å². The number of carbonyl (C=O) groups excluding carboxylic acids is 1. The number of nitrogens with one attached hydrogen (secondary N) is 1. The predicted octanol–water partition coefficient (Wildman–Crippen LogP) is 1.77. The summed E-state index contributed by atoms with van der Waals surface area (Å²) in [5.74, 6) is 0.363. The van der Waals surface area contributed by atoms with Gasteiger partial charge in [-0.3, -0.25) is 9.69 Å². The van der Waals surface area contributed by atoms with Gasteiger partial charge in [-0.05, 0) is 19.9 Å². The molecular formula is C13H21ClN2O. The molecule has 1 aliphatic carbocycles. The first-order valence-electron chi connectivity index (χ1n) is 6.42. The minimum atomic E-state index is 0.0867. The van der Waals surface area contributed by atoms with Crippen LogP contribution >= 0.6 is 11.6 Å². The van der Waals surface area contributed by atoms with Gasteiger partial charge in [0.2, 0.25) is 0 Å². The van der Waals surface area contributed by atoms with Crippen molar-refractivity contribution in [1.82, 2.24) is 10.2 Å². The van der Waals surface area contributed by atoms with Gasteiger partial charge in [0.25, 0.3) is 0 Å². The standard InChI is InChI=1S/C13H21ClN2O/c1-9-12(7-10(14)8-13(9)17)16-5-3-11(15-2)4-6-16/h7,9,11-12,15H,3-6,8H2,1-2H3. The number of piperidine rings is 1. The molecule has 1 N–H and O–H groups in total. The molecule has 4 heteroatoms. The van der Waals surface area contributed by atoms with E-state index >= 15 is 0 Å². The Labute approximate surface area is 108 Å². The summed E-state index contributed by atoms with van der Waals surface area (Å²) >= 11 is 6.05. The smallest absolute Gasteiger partial charge is 0.142 e. The van der Waals surface area contributed by atoms with Gasteiger partial charge in [-0.2, -0.15) is 0 Å². The van der Waals surface area contributed by atoms with Crippen LogP contribution in [-0.2, 0) is 4.79 Å². The second-order valence-corrected chi connectivity index (χ2v) is 5.62. The highest BCUT2D eigenvalue weighted by Gasteiger charge is 2.33. The number of hydrogen-bond acceptors (Lipinski definition) is 3. The van der Waals surface area contributed by atoms with Crippen LogP contribution < -0.4 is 5.32 Å². The van der Waals surface area contributed by atoms with Gasteiger partial charge in [-0.25, -0.2) is 0 Å². The molecule has 0 saturated carbocycles. The van der Waals surface area contributed by atoms with Crippen LogP contribution in [0.5, 0.6) is 0 Å². The lowest BCUT2D eigenvalue weighted by Gasteiger charge is -2.40. The van der Waals surface area contributed by atoms with E-state index in [1.54, 1.807) is 0 Å². The molecule has 2 atom stereocenters. The first-order valence-corrected chi connectivity index (χ1v) is 6.80. The number of halogens is 1. The Balaban J connectivity index is 2.02. The lowest BCUT2D eigenvalue weighted by Crippen LogP contribution is -2.49. The fourth-order valence-corrected chi connectivity index (χ4v) is 3.08. The van der Waals surface area contributed by atoms with Crippen molar-refractivity contribution in [3.05, 3.63) is 11.1 Å². The highest BCUT2D eigenvalue weighted by molar-refractivity contribution is 6.31. The normalized spacial score (nSPS) is 32.6. The highest BCUT2D eigenvalue weighted by atomic mass is 35.5. The SMILES string of the molecule is CNC1CCN(C2C=C(Cl)CC(=O)C2C)CC1. The van der Waals surface area contributed by atoms with E-state index in [-0.39, 0.29) is 17.7 Å². The quantitative estimate of drug-likeness (QED) is 0.817. The van der Waals surface area contributed by atoms with E-state index in [9.17, 15) is 4.79 Å². The van der Waals surface area contributed by atoms with Crippen LogP contribution in [-0.4, -0.2) is 42.9 Å². The molecule has 0 spiro atoms. The number of likely N-dealkylation sites (tertiary alicyclic amines) is 1. The molecule has 1 heterocycles. The Morgan fingerprint density at radius 3 is 2.65 bits per heavy atom. The van der Waals surface area contributed by atoms with Crippen molar-refractivity contribution in [2.24, 2.45) is 5.92 Å². The number of allylic oxidation sites excluding steroid dienone is 1. The van der Waals surface area contributed by atoms with E-state index < -0.39 is 0 Å². The number of nitrogens with zero attached hydrogens (tertiary/aromatic N) is 1. The summed E-state index contributed by atoms with van der Waals surface area (Å²) in [5.41, 5.74) is 0. The summed E-state index contributed by atoms with van der Waals surface area (Å²) in [5, 5.41) is 4.04. The maximum absolute atomic E-state index is 11.8. The molecule has 96 valence electrons. The number of ketones is 1. The molecule has 0 radical (unpaired) electrons. The van der Waals surface area contributed by atoms with Gasteiger partial charge in [0.1, 0.15) is 5.78 Å². The van der Waals surface area contributed by atoms with Crippen LogP contribution in [0, 0.1) is 5.92 Å². The zero-order valence-corrected chi connectivity index (χ0v) is 11.3. The van der Waals surface area contributed by atoms with Gasteiger partial charge < -0.3 is 5.32 Å². The zero-order chi connectivity index (χ0) is 12.4. The van der Waals surface area contributed by atoms with Crippen LogP contribution in [0.4, 0.5) is 0 Å². The Morgan fingerprint density at radius 2 is 2.06 bits per heavy atom. The minimum absolute atomic E-state index is 0.0867. The first kappa shape index (κ1) is 13.1. The lowest BCUT2D eigenvalue weighted by molar-refractivity contribution is -0.123. The Kier molecular flexibility index (Phi) is 4.23. The van der Waals surface area contributed by atoms with E-state index in [2.05, 4.69) is 16.3 Å². The molecule has 2 rings (SSSR count). The van der Waals surface area contributed by atoms with Crippen molar-refractivity contribution >= 4 is 17.4 Å². The molecular weight excluding hydrogens is 236 g/mol. The van der Waals surface area contributed by atoms with Crippen LogP contribution in [0.15, 0.2) is 11.1 Å². The molecule has 1 saturated heterocycles. The van der Waals surface area contributed by atoms with Crippen molar-refractivity contribution in [2.75, 3.05) is 20.1 Å². The average Bonchev–Trinajstić information content (AvgIpc) is 2.34. The van der Waals surface area contributed by atoms with Gasteiger partial charge in [0, 0.05) is 42.5 Å². The predicted molar refractivity (Wildman–Crippen MR) is 70.2 cm³/mol. The Bertz CT molecular complexity index is 321. The molecule has 17 heavy (non-hydrogen) atoms. The highest BCUT2D eigenvalue weighted by Crippen LogP contribution is 2.28. The average molecular weight is 257 g/mol. The monoisotopic (exact) mass is 256 g/mol. The summed E-state index contributed by atoms with van der Waals surface area (Å²) in [6, 6.07) is 0.835. The van der Waals surface area contributed by atoms with Crippen molar-refractivity contribution in [3.8, 4) is 0 Å². The first-order chi connectivity index (χ1) is 8.11. The van der Waals surface area contributed by atoms with Gasteiger partial charge >= 0.3 is 0 Å². The molecule has 1 aliphatic heterocycles. The number of carbonyl (C=O) groups is 1. The van der Waals surface area contributed by atoms with Crippen LogP contribution in [0.1, 0.15) is 26.2 Å². The van der Waals surface area contributed by atoms with E-state index in [0.29, 0.717) is 17.5 Å². The van der Waals surface area contributed by atoms with Crippen molar-refractivity contribution in [3.63, 3.8) is 0 Å². The summed E-state index contributed by atoms with van der Waals surface area (Å²) in [4.78, 5) is 14.2. The molecule has 0 amide bonds. The number of hydrogen-bond donors (Lipinski definition) is 1. The summed E-state index contributed by atoms with van der Waals surface area (Å²) in [7, 11) is 2.02. The van der Waals surface area contributed by atoms with Gasteiger partial charge in [-0.1, -0.05) is 24.6 Å². The van der Waals surface area contributed by atoms with E-state index in [4.69, 9.17) is 11.6 Å². The fraction of sp³-hybridized carbons (Fsp3) is 0.769. The third kappa shape index (κ3) is 2.90. The molecule has 1 fully saturated rings. The van der Waals surface area contributed by atoms with E-state index in [0.717, 1.165) is 25.9 Å². The Hall–Kier alpha value is -0.380. The second kappa shape index (κ2) is 5.51. The second-order valence-electron chi connectivity index (χ2n) is 5.13. The largest absolute Gasteiger partial charge is 0.317 e. The molecule has 0 aromatic heterocycles. The van der Waals surface area contributed by atoms with E-state index in [1.165, 1.54) is 0 Å². The molecule has 0 aromatic carbocycles. The fourth-order valence-electron chi connectivity index (χ4n) is 2.81. The summed E-state index contributed by atoms with van der Waals surface area (Å²) in [6.45, 7) is 4.12.